The number of carbonyl (C=O) groups is 2. The van der Waals surface area contributed by atoms with Crippen LogP contribution in [0.5, 0.6) is 0 Å². The molecule has 3 rings (SSSR count). The van der Waals surface area contributed by atoms with Crippen molar-refractivity contribution in [3.8, 4) is 0 Å². The highest BCUT2D eigenvalue weighted by Crippen LogP contribution is 2.37. The maximum Gasteiger partial charge on any atom is 0.269 e. The number of primary amides is 1. The minimum atomic E-state index is -0.690. The fourth-order valence-corrected chi connectivity index (χ4v) is 2.88. The summed E-state index contributed by atoms with van der Waals surface area (Å²) < 4.78 is 0. The molecule has 0 spiro atoms. The number of nitrogens with zero attached hydrogens (tertiary/aromatic N) is 2. The van der Waals surface area contributed by atoms with E-state index in [1.165, 1.54) is 0 Å². The Balaban J connectivity index is 2.42. The van der Waals surface area contributed by atoms with E-state index in [1.807, 2.05) is 0 Å². The van der Waals surface area contributed by atoms with Gasteiger partial charge in [-0.05, 0) is 43.0 Å². The minimum absolute atomic E-state index is 0.0221. The van der Waals surface area contributed by atoms with Gasteiger partial charge in [0.25, 0.3) is 5.91 Å². The Morgan fingerprint density at radius 3 is 2.82 bits per heavy atom. The third-order valence-electron chi connectivity index (χ3n) is 4.02. The molecule has 0 radical (unpaired) electrons. The molecule has 112 valence electrons. The number of aromatic nitrogens is 2. The SMILES string of the molecule is CC1=C(c2c(N)c(C(N)=O)nc3cccnc23)CCCC1=O. The predicted molar refractivity (Wildman–Crippen MR) is 83.9 cm³/mol. The molecule has 0 aromatic carbocycles. The van der Waals surface area contributed by atoms with Crippen LogP contribution in [-0.2, 0) is 4.79 Å². The molecule has 0 saturated heterocycles. The fourth-order valence-electron chi connectivity index (χ4n) is 2.88. The zero-order chi connectivity index (χ0) is 15.9. The van der Waals surface area contributed by atoms with Crippen LogP contribution in [0, 0.1) is 0 Å². The maximum absolute atomic E-state index is 12.0. The summed E-state index contributed by atoms with van der Waals surface area (Å²) in [6.45, 7) is 1.79. The number of pyridine rings is 2. The van der Waals surface area contributed by atoms with Gasteiger partial charge in [-0.25, -0.2) is 4.98 Å². The lowest BCUT2D eigenvalue weighted by atomic mass is 9.86. The quantitative estimate of drug-likeness (QED) is 0.878. The van der Waals surface area contributed by atoms with Crippen LogP contribution >= 0.6 is 0 Å². The van der Waals surface area contributed by atoms with Gasteiger partial charge in [-0.15, -0.1) is 0 Å². The first-order valence-electron chi connectivity index (χ1n) is 7.08. The molecule has 6 nitrogen and oxygen atoms in total. The lowest BCUT2D eigenvalue weighted by molar-refractivity contribution is -0.115. The van der Waals surface area contributed by atoms with Gasteiger partial charge in [-0.1, -0.05) is 0 Å². The Morgan fingerprint density at radius 2 is 2.09 bits per heavy atom. The molecule has 22 heavy (non-hydrogen) atoms. The average Bonchev–Trinajstić information content (AvgIpc) is 2.50. The average molecular weight is 296 g/mol. The van der Waals surface area contributed by atoms with Crippen molar-refractivity contribution in [2.45, 2.75) is 26.2 Å². The largest absolute Gasteiger partial charge is 0.396 e. The van der Waals surface area contributed by atoms with Crippen molar-refractivity contribution in [3.05, 3.63) is 35.2 Å². The van der Waals surface area contributed by atoms with E-state index in [4.69, 9.17) is 11.5 Å². The summed E-state index contributed by atoms with van der Waals surface area (Å²) in [6.07, 6.45) is 3.65. The van der Waals surface area contributed by atoms with Gasteiger partial charge < -0.3 is 11.5 Å². The Morgan fingerprint density at radius 1 is 1.32 bits per heavy atom. The second kappa shape index (κ2) is 5.22. The molecule has 0 unspecified atom stereocenters. The lowest BCUT2D eigenvalue weighted by Gasteiger charge is -2.20. The van der Waals surface area contributed by atoms with Gasteiger partial charge in [0.15, 0.2) is 11.5 Å². The number of carbonyl (C=O) groups excluding carboxylic acids is 2. The van der Waals surface area contributed by atoms with Crippen molar-refractivity contribution in [1.82, 2.24) is 9.97 Å². The van der Waals surface area contributed by atoms with E-state index >= 15 is 0 Å². The summed E-state index contributed by atoms with van der Waals surface area (Å²) >= 11 is 0. The number of allylic oxidation sites excluding steroid dienone is 2. The van der Waals surface area contributed by atoms with Gasteiger partial charge in [0.05, 0.1) is 16.7 Å². The van der Waals surface area contributed by atoms with Crippen LogP contribution in [0.15, 0.2) is 23.9 Å². The van der Waals surface area contributed by atoms with E-state index in [2.05, 4.69) is 9.97 Å². The zero-order valence-electron chi connectivity index (χ0n) is 12.2. The topological polar surface area (TPSA) is 112 Å². The minimum Gasteiger partial charge on any atom is -0.396 e. The van der Waals surface area contributed by atoms with Crippen molar-refractivity contribution in [1.29, 1.82) is 0 Å². The molecular weight excluding hydrogens is 280 g/mol. The van der Waals surface area contributed by atoms with Crippen molar-refractivity contribution >= 4 is 34.0 Å². The fraction of sp³-hybridized carbons (Fsp3) is 0.250. The number of rotatable bonds is 2. The number of ketones is 1. The summed E-state index contributed by atoms with van der Waals surface area (Å²) in [7, 11) is 0. The summed E-state index contributed by atoms with van der Waals surface area (Å²) in [4.78, 5) is 32.2. The molecule has 2 heterocycles. The van der Waals surface area contributed by atoms with Crippen molar-refractivity contribution < 1.29 is 9.59 Å². The molecule has 1 aliphatic carbocycles. The van der Waals surface area contributed by atoms with E-state index in [0.717, 1.165) is 18.4 Å². The van der Waals surface area contributed by atoms with Crippen LogP contribution in [0.2, 0.25) is 0 Å². The van der Waals surface area contributed by atoms with Gasteiger partial charge in [0.2, 0.25) is 0 Å². The predicted octanol–water partition coefficient (Wildman–Crippen LogP) is 1.84. The standard InChI is InChI=1S/C16H16N4O2/c1-8-9(4-2-6-11(8)21)12-13(17)15(16(18)22)20-10-5-3-7-19-14(10)12/h3,5,7H,2,4,6,17H2,1H3,(H2,18,22). The van der Waals surface area contributed by atoms with E-state index in [-0.39, 0.29) is 17.2 Å². The van der Waals surface area contributed by atoms with Crippen molar-refractivity contribution in [3.63, 3.8) is 0 Å². The summed E-state index contributed by atoms with van der Waals surface area (Å²) in [6, 6.07) is 3.48. The second-order valence-electron chi connectivity index (χ2n) is 5.36. The normalized spacial score (nSPS) is 15.4. The van der Waals surface area contributed by atoms with Crippen LogP contribution < -0.4 is 11.5 Å². The Kier molecular flexibility index (Phi) is 3.36. The maximum atomic E-state index is 12.0. The summed E-state index contributed by atoms with van der Waals surface area (Å²) in [5, 5.41) is 0. The first-order chi connectivity index (χ1) is 10.5. The molecule has 6 heteroatoms. The molecule has 2 aromatic rings. The van der Waals surface area contributed by atoms with Gasteiger partial charge in [0.1, 0.15) is 0 Å². The number of hydrogen-bond donors (Lipinski definition) is 2. The first-order valence-corrected chi connectivity index (χ1v) is 7.08. The number of nitrogens with two attached hydrogens (primary N) is 2. The van der Waals surface area contributed by atoms with Gasteiger partial charge in [-0.2, -0.15) is 0 Å². The summed E-state index contributed by atoms with van der Waals surface area (Å²) in [5.74, 6) is -0.591. The number of nitrogen functional groups attached to an aromatic ring is 1. The van der Waals surface area contributed by atoms with Gasteiger partial charge in [-0.3, -0.25) is 14.6 Å². The monoisotopic (exact) mass is 296 g/mol. The Hall–Kier alpha value is -2.76. The van der Waals surface area contributed by atoms with Crippen LogP contribution in [-0.4, -0.2) is 21.7 Å². The number of hydrogen-bond acceptors (Lipinski definition) is 5. The molecule has 0 bridgehead atoms. The van der Waals surface area contributed by atoms with E-state index < -0.39 is 5.91 Å². The van der Waals surface area contributed by atoms with Crippen LogP contribution in [0.4, 0.5) is 5.69 Å². The number of anilines is 1. The summed E-state index contributed by atoms with van der Waals surface area (Å²) in [5.41, 5.74) is 15.0. The number of amides is 1. The number of fused-ring (bicyclic) bond motifs is 1. The zero-order valence-corrected chi connectivity index (χ0v) is 12.2. The Labute approximate surface area is 127 Å². The third kappa shape index (κ3) is 2.13. The second-order valence-corrected chi connectivity index (χ2v) is 5.36. The first kappa shape index (κ1) is 14.2. The van der Waals surface area contributed by atoms with E-state index in [9.17, 15) is 9.59 Å². The highest BCUT2D eigenvalue weighted by molar-refractivity contribution is 6.10. The molecule has 1 aliphatic rings. The van der Waals surface area contributed by atoms with Gasteiger partial charge in [0, 0.05) is 18.2 Å². The van der Waals surface area contributed by atoms with Crippen molar-refractivity contribution in [2.24, 2.45) is 5.73 Å². The molecule has 0 atom stereocenters. The lowest BCUT2D eigenvalue weighted by Crippen LogP contribution is -2.18. The molecule has 0 saturated carbocycles. The third-order valence-corrected chi connectivity index (χ3v) is 4.02. The molecular formula is C16H16N4O2. The van der Waals surface area contributed by atoms with Crippen LogP contribution in [0.25, 0.3) is 16.6 Å². The molecule has 4 N–H and O–H groups in total. The van der Waals surface area contributed by atoms with Crippen LogP contribution in [0.3, 0.4) is 0 Å². The van der Waals surface area contributed by atoms with Crippen molar-refractivity contribution in [2.75, 3.05) is 5.73 Å². The smallest absolute Gasteiger partial charge is 0.269 e. The van der Waals surface area contributed by atoms with Gasteiger partial charge >= 0.3 is 0 Å². The highest BCUT2D eigenvalue weighted by Gasteiger charge is 2.25. The van der Waals surface area contributed by atoms with Crippen LogP contribution in [0.1, 0.15) is 42.2 Å². The van der Waals surface area contributed by atoms with E-state index in [0.29, 0.717) is 28.6 Å². The Bertz CT molecular complexity index is 839. The van der Waals surface area contributed by atoms with E-state index in [1.54, 1.807) is 25.3 Å². The highest BCUT2D eigenvalue weighted by atomic mass is 16.1. The molecule has 0 aliphatic heterocycles. The molecule has 0 fully saturated rings. The molecule has 1 amide bonds. The molecule has 2 aromatic heterocycles. The number of Topliss-reactive ketones (excluding diaryl/α,β-unsaturated/α-hetero) is 1.